The van der Waals surface area contributed by atoms with Gasteiger partial charge in [0.2, 0.25) is 5.91 Å². The summed E-state index contributed by atoms with van der Waals surface area (Å²) in [5.41, 5.74) is 2.52. The number of benzene rings is 2. The second-order valence-electron chi connectivity index (χ2n) is 8.55. The third-order valence-electron chi connectivity index (χ3n) is 6.24. The molecule has 172 valence electrons. The summed E-state index contributed by atoms with van der Waals surface area (Å²) in [4.78, 5) is 54.8. The molecule has 0 aromatic heterocycles. The topological polar surface area (TPSA) is 78.0 Å². The fourth-order valence-corrected chi connectivity index (χ4v) is 4.22. The number of carbonyl (C=O) groups is 4. The van der Waals surface area contributed by atoms with Gasteiger partial charge in [-0.1, -0.05) is 17.7 Å². The molecule has 0 N–H and O–H groups in total. The number of hydrogen-bond acceptors (Lipinski definition) is 4. The summed E-state index contributed by atoms with van der Waals surface area (Å²) >= 11 is 0. The lowest BCUT2D eigenvalue weighted by Crippen LogP contribution is -2.50. The number of nitrogens with zero attached hydrogens (tertiary/aromatic N) is 3. The van der Waals surface area contributed by atoms with Crippen molar-refractivity contribution in [3.63, 3.8) is 0 Å². The van der Waals surface area contributed by atoms with Gasteiger partial charge in [-0.2, -0.15) is 0 Å². The van der Waals surface area contributed by atoms with E-state index in [-0.39, 0.29) is 36.6 Å². The van der Waals surface area contributed by atoms with Crippen molar-refractivity contribution in [2.45, 2.75) is 26.7 Å². The third kappa shape index (κ3) is 4.51. The van der Waals surface area contributed by atoms with Crippen LogP contribution in [0.4, 0.5) is 4.39 Å². The van der Waals surface area contributed by atoms with Crippen LogP contribution in [0, 0.1) is 19.7 Å². The zero-order valence-electron chi connectivity index (χ0n) is 18.8. The van der Waals surface area contributed by atoms with Crippen LogP contribution in [0.5, 0.6) is 0 Å². The minimum atomic E-state index is -0.414. The molecule has 2 aromatic rings. The third-order valence-corrected chi connectivity index (χ3v) is 6.24. The van der Waals surface area contributed by atoms with E-state index in [4.69, 9.17) is 0 Å². The number of aryl methyl sites for hydroxylation is 2. The normalized spacial score (nSPS) is 15.8. The molecule has 0 bridgehead atoms. The summed E-state index contributed by atoms with van der Waals surface area (Å²) in [5, 5.41) is 0. The molecule has 0 aliphatic carbocycles. The Hall–Kier alpha value is -3.55. The first-order chi connectivity index (χ1) is 15.8. The van der Waals surface area contributed by atoms with E-state index < -0.39 is 5.82 Å². The maximum absolute atomic E-state index is 13.8. The van der Waals surface area contributed by atoms with Crippen LogP contribution in [-0.2, 0) is 4.79 Å². The first-order valence-electron chi connectivity index (χ1n) is 11.1. The van der Waals surface area contributed by atoms with Crippen LogP contribution >= 0.6 is 0 Å². The lowest BCUT2D eigenvalue weighted by Gasteiger charge is -2.35. The molecule has 33 heavy (non-hydrogen) atoms. The summed E-state index contributed by atoms with van der Waals surface area (Å²) < 4.78 is 13.8. The molecule has 1 fully saturated rings. The number of amides is 4. The largest absolute Gasteiger partial charge is 0.339 e. The summed E-state index contributed by atoms with van der Waals surface area (Å²) in [5.74, 6) is -1.37. The van der Waals surface area contributed by atoms with Gasteiger partial charge in [-0.25, -0.2) is 4.39 Å². The molecule has 8 heteroatoms. The molecule has 7 nitrogen and oxygen atoms in total. The molecular weight excluding hydrogens is 425 g/mol. The van der Waals surface area contributed by atoms with Crippen LogP contribution in [0.25, 0.3) is 0 Å². The Labute approximate surface area is 191 Å². The van der Waals surface area contributed by atoms with Crippen molar-refractivity contribution >= 4 is 23.6 Å². The van der Waals surface area contributed by atoms with Crippen LogP contribution in [-0.4, -0.2) is 71.1 Å². The number of piperazine rings is 1. The molecule has 0 spiro atoms. The average Bonchev–Trinajstić information content (AvgIpc) is 3.04. The first kappa shape index (κ1) is 22.6. The lowest BCUT2D eigenvalue weighted by molar-refractivity contribution is -0.132. The smallest absolute Gasteiger partial charge is 0.261 e. The van der Waals surface area contributed by atoms with E-state index in [0.29, 0.717) is 54.9 Å². The maximum atomic E-state index is 13.8. The zero-order valence-corrected chi connectivity index (χ0v) is 18.8. The van der Waals surface area contributed by atoms with Crippen LogP contribution in [0.1, 0.15) is 55.0 Å². The van der Waals surface area contributed by atoms with E-state index in [2.05, 4.69) is 0 Å². The highest BCUT2D eigenvalue weighted by Gasteiger charge is 2.35. The number of fused-ring (bicyclic) bond motifs is 1. The van der Waals surface area contributed by atoms with Gasteiger partial charge in [0.25, 0.3) is 17.7 Å². The van der Waals surface area contributed by atoms with Crippen LogP contribution in [0.3, 0.4) is 0 Å². The fourth-order valence-electron chi connectivity index (χ4n) is 4.22. The molecule has 4 rings (SSSR count). The molecule has 4 amide bonds. The Morgan fingerprint density at radius 2 is 1.55 bits per heavy atom. The van der Waals surface area contributed by atoms with Gasteiger partial charge in [0, 0.05) is 44.7 Å². The van der Waals surface area contributed by atoms with Crippen LogP contribution in [0.2, 0.25) is 0 Å². The average molecular weight is 451 g/mol. The fraction of sp³-hybridized carbons (Fsp3) is 0.360. The number of imide groups is 1. The number of rotatable bonds is 5. The molecule has 2 aliphatic heterocycles. The second-order valence-corrected chi connectivity index (χ2v) is 8.55. The summed E-state index contributed by atoms with van der Waals surface area (Å²) in [7, 11) is 0. The minimum absolute atomic E-state index is 0.0732. The Kier molecular flexibility index (Phi) is 6.26. The van der Waals surface area contributed by atoms with Crippen molar-refractivity contribution in [3.05, 3.63) is 70.0 Å². The molecule has 0 atom stereocenters. The van der Waals surface area contributed by atoms with Crippen molar-refractivity contribution < 1.29 is 23.6 Å². The van der Waals surface area contributed by atoms with Crippen LogP contribution < -0.4 is 0 Å². The quantitative estimate of drug-likeness (QED) is 0.655. The van der Waals surface area contributed by atoms with E-state index >= 15 is 0 Å². The van der Waals surface area contributed by atoms with Crippen molar-refractivity contribution in [1.29, 1.82) is 0 Å². The van der Waals surface area contributed by atoms with E-state index in [9.17, 15) is 23.6 Å². The molecule has 2 aliphatic rings. The molecule has 1 saturated heterocycles. The van der Waals surface area contributed by atoms with Gasteiger partial charge in [-0.05, 0) is 50.1 Å². The minimum Gasteiger partial charge on any atom is -0.339 e. The van der Waals surface area contributed by atoms with Gasteiger partial charge < -0.3 is 9.80 Å². The number of halogens is 1. The monoisotopic (exact) mass is 451 g/mol. The van der Waals surface area contributed by atoms with Crippen molar-refractivity contribution in [2.24, 2.45) is 0 Å². The highest BCUT2D eigenvalue weighted by atomic mass is 19.1. The summed E-state index contributed by atoms with van der Waals surface area (Å²) in [6.07, 6.45) is 0.592. The standard InChI is InChI=1S/C25H26FN3O4/c1-16-5-8-19-20(14-16)25(33)29(24(19)32)9-3-4-22(30)27-10-12-28(13-11-27)23(31)18-7-6-17(2)21(26)15-18/h5-8,14-15H,3-4,9-13H2,1-2H3. The Balaban J connectivity index is 1.25. The van der Waals surface area contributed by atoms with Crippen molar-refractivity contribution in [1.82, 2.24) is 14.7 Å². The predicted molar refractivity (Wildman–Crippen MR) is 119 cm³/mol. The Morgan fingerprint density at radius 3 is 2.24 bits per heavy atom. The molecule has 2 heterocycles. The summed E-state index contributed by atoms with van der Waals surface area (Å²) in [6.45, 7) is 5.23. The lowest BCUT2D eigenvalue weighted by atomic mass is 10.1. The molecule has 0 unspecified atom stereocenters. The molecule has 0 radical (unpaired) electrons. The van der Waals surface area contributed by atoms with Crippen LogP contribution in [0.15, 0.2) is 36.4 Å². The Morgan fingerprint density at radius 1 is 0.879 bits per heavy atom. The second kappa shape index (κ2) is 9.13. The number of carbonyl (C=O) groups excluding carboxylic acids is 4. The number of hydrogen-bond donors (Lipinski definition) is 0. The predicted octanol–water partition coefficient (Wildman–Crippen LogP) is 2.80. The van der Waals surface area contributed by atoms with E-state index in [0.717, 1.165) is 5.56 Å². The first-order valence-corrected chi connectivity index (χ1v) is 11.1. The highest BCUT2D eigenvalue weighted by molar-refractivity contribution is 6.21. The molecular formula is C25H26FN3O4. The van der Waals surface area contributed by atoms with E-state index in [1.807, 2.05) is 6.92 Å². The van der Waals surface area contributed by atoms with Gasteiger partial charge in [0.15, 0.2) is 0 Å². The van der Waals surface area contributed by atoms with Gasteiger partial charge in [-0.3, -0.25) is 24.1 Å². The van der Waals surface area contributed by atoms with Crippen molar-refractivity contribution in [2.75, 3.05) is 32.7 Å². The van der Waals surface area contributed by atoms with Crippen molar-refractivity contribution in [3.8, 4) is 0 Å². The van der Waals surface area contributed by atoms with Gasteiger partial charge in [-0.15, -0.1) is 0 Å². The Bertz CT molecular complexity index is 1140. The van der Waals surface area contributed by atoms with Gasteiger partial charge >= 0.3 is 0 Å². The SMILES string of the molecule is Cc1ccc2c(c1)C(=O)N(CCCC(=O)N1CCN(C(=O)c3ccc(C)c(F)c3)CC1)C2=O. The maximum Gasteiger partial charge on any atom is 0.261 e. The van der Waals surface area contributed by atoms with Gasteiger partial charge in [0.1, 0.15) is 5.82 Å². The van der Waals surface area contributed by atoms with E-state index in [1.54, 1.807) is 47.1 Å². The van der Waals surface area contributed by atoms with E-state index in [1.165, 1.54) is 11.0 Å². The zero-order chi connectivity index (χ0) is 23.7. The highest BCUT2D eigenvalue weighted by Crippen LogP contribution is 2.24. The molecule has 0 saturated carbocycles. The molecule has 2 aromatic carbocycles. The van der Waals surface area contributed by atoms with Gasteiger partial charge in [0.05, 0.1) is 11.1 Å². The summed E-state index contributed by atoms with van der Waals surface area (Å²) in [6, 6.07) is 9.62.